The summed E-state index contributed by atoms with van der Waals surface area (Å²) in [5.41, 5.74) is 1.89. The van der Waals surface area contributed by atoms with Crippen molar-refractivity contribution in [2.24, 2.45) is 0 Å². The van der Waals surface area contributed by atoms with Crippen molar-refractivity contribution in [2.75, 3.05) is 20.7 Å². The SMILES string of the molecule is COc1ccc(CN(C)C(=O)NCCc2cccc(F)c2)cc1. The fraction of sp³-hybridized carbons (Fsp3) is 0.278. The Kier molecular flexibility index (Phi) is 5.97. The van der Waals surface area contributed by atoms with Crippen LogP contribution in [0.25, 0.3) is 0 Å². The van der Waals surface area contributed by atoms with Crippen LogP contribution in [0.2, 0.25) is 0 Å². The summed E-state index contributed by atoms with van der Waals surface area (Å²) in [4.78, 5) is 13.6. The van der Waals surface area contributed by atoms with E-state index in [0.29, 0.717) is 19.5 Å². The maximum absolute atomic E-state index is 13.1. The number of hydrogen-bond acceptors (Lipinski definition) is 2. The third-order valence-electron chi connectivity index (χ3n) is 3.50. The predicted octanol–water partition coefficient (Wildman–Crippen LogP) is 3.22. The van der Waals surface area contributed by atoms with Crippen LogP contribution in [0, 0.1) is 5.82 Å². The number of carbonyl (C=O) groups excluding carboxylic acids is 1. The second-order valence-corrected chi connectivity index (χ2v) is 5.32. The lowest BCUT2D eigenvalue weighted by molar-refractivity contribution is 0.207. The molecule has 23 heavy (non-hydrogen) atoms. The molecule has 0 aliphatic rings. The topological polar surface area (TPSA) is 41.6 Å². The van der Waals surface area contributed by atoms with Gasteiger partial charge >= 0.3 is 6.03 Å². The first-order valence-corrected chi connectivity index (χ1v) is 7.45. The normalized spacial score (nSPS) is 10.2. The van der Waals surface area contributed by atoms with Gasteiger partial charge in [0.2, 0.25) is 0 Å². The maximum atomic E-state index is 13.1. The first-order valence-electron chi connectivity index (χ1n) is 7.45. The minimum absolute atomic E-state index is 0.155. The highest BCUT2D eigenvalue weighted by Crippen LogP contribution is 2.12. The lowest BCUT2D eigenvalue weighted by atomic mass is 10.1. The van der Waals surface area contributed by atoms with Gasteiger partial charge in [-0.05, 0) is 41.8 Å². The second kappa shape index (κ2) is 8.17. The minimum atomic E-state index is -0.259. The fourth-order valence-corrected chi connectivity index (χ4v) is 2.22. The van der Waals surface area contributed by atoms with Crippen LogP contribution in [0.5, 0.6) is 5.75 Å². The second-order valence-electron chi connectivity index (χ2n) is 5.32. The molecule has 0 radical (unpaired) electrons. The number of methoxy groups -OCH3 is 1. The van der Waals surface area contributed by atoms with Crippen molar-refractivity contribution in [1.82, 2.24) is 10.2 Å². The molecule has 4 nitrogen and oxygen atoms in total. The zero-order valence-corrected chi connectivity index (χ0v) is 13.4. The highest BCUT2D eigenvalue weighted by Gasteiger charge is 2.08. The monoisotopic (exact) mass is 316 g/mol. The van der Waals surface area contributed by atoms with Crippen molar-refractivity contribution < 1.29 is 13.9 Å². The summed E-state index contributed by atoms with van der Waals surface area (Å²) in [6.07, 6.45) is 0.597. The molecule has 0 saturated heterocycles. The lowest BCUT2D eigenvalue weighted by Gasteiger charge is -2.18. The zero-order valence-electron chi connectivity index (χ0n) is 13.4. The summed E-state index contributed by atoms with van der Waals surface area (Å²) in [5.74, 6) is 0.529. The predicted molar refractivity (Wildman–Crippen MR) is 88.0 cm³/mol. The number of urea groups is 1. The van der Waals surface area contributed by atoms with E-state index in [4.69, 9.17) is 4.74 Å². The van der Waals surface area contributed by atoms with Crippen LogP contribution in [0.4, 0.5) is 9.18 Å². The van der Waals surface area contributed by atoms with Gasteiger partial charge in [0.1, 0.15) is 11.6 Å². The summed E-state index contributed by atoms with van der Waals surface area (Å²) >= 11 is 0. The van der Waals surface area contributed by atoms with Gasteiger partial charge < -0.3 is 15.0 Å². The fourth-order valence-electron chi connectivity index (χ4n) is 2.22. The number of amides is 2. The summed E-state index contributed by atoms with van der Waals surface area (Å²) < 4.78 is 18.2. The average molecular weight is 316 g/mol. The molecule has 122 valence electrons. The Morgan fingerprint density at radius 2 is 1.91 bits per heavy atom. The van der Waals surface area contributed by atoms with Gasteiger partial charge in [0.15, 0.2) is 0 Å². The smallest absolute Gasteiger partial charge is 0.317 e. The molecule has 2 aromatic carbocycles. The number of carbonyl (C=O) groups is 1. The largest absolute Gasteiger partial charge is 0.497 e. The van der Waals surface area contributed by atoms with Crippen LogP contribution in [-0.2, 0) is 13.0 Å². The Bertz CT molecular complexity index is 644. The number of hydrogen-bond donors (Lipinski definition) is 1. The molecule has 0 aromatic heterocycles. The van der Waals surface area contributed by atoms with Gasteiger partial charge in [0.25, 0.3) is 0 Å². The molecule has 0 fully saturated rings. The first-order chi connectivity index (χ1) is 11.1. The first kappa shape index (κ1) is 16.8. The van der Waals surface area contributed by atoms with Gasteiger partial charge in [-0.25, -0.2) is 9.18 Å². The van der Waals surface area contributed by atoms with E-state index in [1.54, 1.807) is 25.1 Å². The van der Waals surface area contributed by atoms with Gasteiger partial charge in [0, 0.05) is 20.1 Å². The number of nitrogens with zero attached hydrogens (tertiary/aromatic N) is 1. The van der Waals surface area contributed by atoms with E-state index in [2.05, 4.69) is 5.32 Å². The standard InChI is InChI=1S/C18H21FN2O2/c1-21(13-15-6-8-17(23-2)9-7-15)18(22)20-11-10-14-4-3-5-16(19)12-14/h3-9,12H,10-11,13H2,1-2H3,(H,20,22). The van der Waals surface area contributed by atoms with Gasteiger partial charge in [-0.15, -0.1) is 0 Å². The van der Waals surface area contributed by atoms with Crippen molar-refractivity contribution in [3.8, 4) is 5.75 Å². The molecule has 0 spiro atoms. The molecule has 0 aliphatic carbocycles. The van der Waals surface area contributed by atoms with Crippen molar-refractivity contribution in [1.29, 1.82) is 0 Å². The van der Waals surface area contributed by atoms with Crippen molar-refractivity contribution >= 4 is 6.03 Å². The van der Waals surface area contributed by atoms with Crippen molar-refractivity contribution in [2.45, 2.75) is 13.0 Å². The van der Waals surface area contributed by atoms with Crippen LogP contribution in [-0.4, -0.2) is 31.6 Å². The number of benzene rings is 2. The molecule has 0 bridgehead atoms. The van der Waals surface area contributed by atoms with Crippen LogP contribution < -0.4 is 10.1 Å². The molecular formula is C18H21FN2O2. The third kappa shape index (κ3) is 5.29. The van der Waals surface area contributed by atoms with Crippen molar-refractivity contribution in [3.63, 3.8) is 0 Å². The average Bonchev–Trinajstić information content (AvgIpc) is 2.55. The molecule has 2 amide bonds. The van der Waals surface area contributed by atoms with Crippen LogP contribution in [0.15, 0.2) is 48.5 Å². The van der Waals surface area contributed by atoms with Gasteiger partial charge in [-0.2, -0.15) is 0 Å². The van der Waals surface area contributed by atoms with Crippen LogP contribution in [0.3, 0.4) is 0 Å². The number of nitrogens with one attached hydrogen (secondary N) is 1. The zero-order chi connectivity index (χ0) is 16.7. The van der Waals surface area contributed by atoms with E-state index in [-0.39, 0.29) is 11.8 Å². The Morgan fingerprint density at radius 1 is 1.17 bits per heavy atom. The summed E-state index contributed by atoms with van der Waals surface area (Å²) in [7, 11) is 3.36. The highest BCUT2D eigenvalue weighted by molar-refractivity contribution is 5.73. The Balaban J connectivity index is 1.78. The summed E-state index contributed by atoms with van der Waals surface area (Å²) in [5, 5.41) is 2.83. The third-order valence-corrected chi connectivity index (χ3v) is 3.50. The molecule has 0 aliphatic heterocycles. The van der Waals surface area contributed by atoms with Gasteiger partial charge in [-0.3, -0.25) is 0 Å². The van der Waals surface area contributed by atoms with Gasteiger partial charge in [0.05, 0.1) is 7.11 Å². The van der Waals surface area contributed by atoms with E-state index in [0.717, 1.165) is 16.9 Å². The number of ether oxygens (including phenoxy) is 1. The van der Waals surface area contributed by atoms with E-state index in [1.165, 1.54) is 12.1 Å². The molecule has 5 heteroatoms. The summed E-state index contributed by atoms with van der Waals surface area (Å²) in [6.45, 7) is 0.977. The van der Waals surface area contributed by atoms with E-state index in [9.17, 15) is 9.18 Å². The van der Waals surface area contributed by atoms with E-state index >= 15 is 0 Å². The van der Waals surface area contributed by atoms with Crippen LogP contribution in [0.1, 0.15) is 11.1 Å². The molecule has 2 rings (SSSR count). The number of rotatable bonds is 6. The number of halogens is 1. The molecule has 0 unspecified atom stereocenters. The van der Waals surface area contributed by atoms with E-state index in [1.807, 2.05) is 30.3 Å². The highest BCUT2D eigenvalue weighted by atomic mass is 19.1. The lowest BCUT2D eigenvalue weighted by Crippen LogP contribution is -2.37. The van der Waals surface area contributed by atoms with Crippen LogP contribution >= 0.6 is 0 Å². The molecular weight excluding hydrogens is 295 g/mol. The molecule has 1 N–H and O–H groups in total. The van der Waals surface area contributed by atoms with E-state index < -0.39 is 0 Å². The Morgan fingerprint density at radius 3 is 2.57 bits per heavy atom. The minimum Gasteiger partial charge on any atom is -0.497 e. The molecule has 2 aromatic rings. The maximum Gasteiger partial charge on any atom is 0.317 e. The van der Waals surface area contributed by atoms with Gasteiger partial charge in [-0.1, -0.05) is 24.3 Å². The molecule has 0 heterocycles. The summed E-state index contributed by atoms with van der Waals surface area (Å²) in [6, 6.07) is 13.8. The van der Waals surface area contributed by atoms with Crippen molar-refractivity contribution in [3.05, 3.63) is 65.5 Å². The molecule has 0 atom stereocenters. The quantitative estimate of drug-likeness (QED) is 0.889. The molecule has 0 saturated carbocycles. The Labute approximate surface area is 135 Å². The Hall–Kier alpha value is -2.56.